The molecule has 0 atom stereocenters. The van der Waals surface area contributed by atoms with Gasteiger partial charge in [0.1, 0.15) is 29.0 Å². The molecule has 0 aliphatic rings. The van der Waals surface area contributed by atoms with E-state index in [1.165, 1.54) is 76.1 Å². The zero-order valence-electron chi connectivity index (χ0n) is 64.5. The number of carbonyl (C=O) groups excluding carboxylic acids is 1. The molecular weight excluding hydrogens is 2620 g/mol. The van der Waals surface area contributed by atoms with E-state index >= 15 is 0 Å². The molecule has 1 N–H and O–H groups in total. The second-order valence-corrected chi connectivity index (χ2v) is 23.1. The SMILES string of the molecule is CC(=O)C=C(C)O.COc1ccnc(-c2nc(C(F)(F)F)n[n-]2)c1.Cc1n[n-]c(-c2ccccn2)n1.FC(F)(F)c1n[n-]c(-c2ccccn2)n1.FC(F)(F)c1n[n-]c(-c2ccccn2)n1.FC(F)(F)c1n[n-]c(-c2ccccn2)n1.Fc1c[c-]c(-c2ccccn2)c(F)c1.Fc1c[c-]c(-c2ccccn2)c(F)c1.Fc1c[c-]c(-c2ccccn2)c(F)c1.[Ir].[Ir].[Ir].[Ir].[Ir]. The molecule has 3 aromatic carbocycles. The monoisotopic (exact) mass is 2680 g/mol. The van der Waals surface area contributed by atoms with Crippen LogP contribution in [0, 0.1) is 60.0 Å². The first kappa shape index (κ1) is 110. The van der Waals surface area contributed by atoms with Crippen molar-refractivity contribution < 1.29 is 194 Å². The van der Waals surface area contributed by atoms with Crippen molar-refractivity contribution in [3.05, 3.63) is 320 Å². The van der Waals surface area contributed by atoms with E-state index in [0.717, 1.165) is 42.1 Å². The maximum Gasteiger partial charge on any atom is 0.429 e. The second kappa shape index (κ2) is 53.3. The van der Waals surface area contributed by atoms with Crippen molar-refractivity contribution in [3.63, 3.8) is 0 Å². The van der Waals surface area contributed by atoms with Gasteiger partial charge in [0.2, 0.25) is 0 Å². The minimum absolute atomic E-state index is 0. The molecule has 26 nitrogen and oxygen atoms in total. The topological polar surface area (TPSA) is 349 Å². The molecule has 0 saturated heterocycles. The molecule has 16 aromatic rings. The van der Waals surface area contributed by atoms with Crippen LogP contribution in [0.15, 0.2) is 237 Å². The van der Waals surface area contributed by atoms with Gasteiger partial charge in [0.05, 0.1) is 41.3 Å². The smallest absolute Gasteiger partial charge is 0.429 e. The van der Waals surface area contributed by atoms with E-state index in [0.29, 0.717) is 34.5 Å². The zero-order valence-corrected chi connectivity index (χ0v) is 76.4. The fraction of sp³-hybridized carbons (Fsp3) is 0.101. The van der Waals surface area contributed by atoms with E-state index in [4.69, 9.17) is 9.84 Å². The Kier molecular flexibility index (Phi) is 45.7. The Balaban J connectivity index is 0.000000372. The Morgan fingerprint density at radius 3 is 0.781 bits per heavy atom. The fourth-order valence-electron chi connectivity index (χ4n) is 8.69. The first-order valence-corrected chi connectivity index (χ1v) is 34.0. The van der Waals surface area contributed by atoms with Gasteiger partial charge in [-0.05, 0) is 140 Å². The van der Waals surface area contributed by atoms with Crippen LogP contribution in [0.1, 0.15) is 43.0 Å². The van der Waals surface area contributed by atoms with E-state index in [2.05, 4.69) is 134 Å². The number of pyridine rings is 8. The standard InChI is InChI=1S/3C11H6F2N.C9H6F3N4O.3C8H4F3N4.C8H7N4.C5H8O2.5Ir/c3*12-8-4-5-9(10(13)7-8)11-3-1-2-6-14-11;1-17-5-2-3-13-6(4-5)7-14-8(16-15-7)9(10,11)12;3*9-8(10,11)7-13-6(14-15-7)5-3-1-2-4-12-5;1-6-10-8(12-11-6)7-4-2-3-5-9-7;1-4(6)3-5(2)7;;;;;/h3*1-4,6-7H;2-4H,1H3;3*1-4H;2-5H,1H3;3,6H,1-2H3;;;;;/q8*-1;;;;;;. The molecule has 0 aliphatic heterocycles. The number of hydrogen-bond donors (Lipinski definition) is 1. The number of aliphatic hydroxyl groups excluding tert-OH is 1. The van der Waals surface area contributed by atoms with Gasteiger partial charge < -0.3 is 75.2 Å². The van der Waals surface area contributed by atoms with Gasteiger partial charge in [0.15, 0.2) is 5.78 Å². The number of alkyl halides is 12. The van der Waals surface area contributed by atoms with Crippen molar-refractivity contribution in [2.75, 3.05) is 7.11 Å². The Labute approximate surface area is 779 Å². The summed E-state index contributed by atoms with van der Waals surface area (Å²) in [4.78, 5) is 58.3. The molecule has 0 unspecified atom stereocenters. The third kappa shape index (κ3) is 36.1. The number of ether oxygens (including phenoxy) is 1. The van der Waals surface area contributed by atoms with Crippen molar-refractivity contribution >= 4 is 5.78 Å². The maximum absolute atomic E-state index is 13.2. The van der Waals surface area contributed by atoms with E-state index < -0.39 is 82.9 Å². The molecule has 679 valence electrons. The normalized spacial score (nSPS) is 10.5. The van der Waals surface area contributed by atoms with Crippen LogP contribution in [-0.2, 0) is 130 Å². The Morgan fingerprint density at radius 1 is 0.344 bits per heavy atom. The minimum Gasteiger partial charge on any atom is -0.512 e. The Morgan fingerprint density at radius 2 is 0.586 bits per heavy atom. The molecule has 13 aromatic heterocycles. The van der Waals surface area contributed by atoms with Gasteiger partial charge >= 0.3 is 24.7 Å². The van der Waals surface area contributed by atoms with E-state index in [-0.39, 0.29) is 175 Å². The predicted molar refractivity (Wildman–Crippen MR) is 397 cm³/mol. The van der Waals surface area contributed by atoms with E-state index in [9.17, 15) is 83.8 Å². The summed E-state index contributed by atoms with van der Waals surface area (Å²) in [5.74, 6) is -7.77. The molecule has 0 bridgehead atoms. The summed E-state index contributed by atoms with van der Waals surface area (Å²) in [7, 11) is 1.43. The number of benzene rings is 3. The minimum atomic E-state index is -4.61. The van der Waals surface area contributed by atoms with Crippen LogP contribution in [0.3, 0.4) is 0 Å². The largest absolute Gasteiger partial charge is 0.512 e. The van der Waals surface area contributed by atoms with Crippen LogP contribution in [0.5, 0.6) is 5.75 Å². The van der Waals surface area contributed by atoms with Crippen LogP contribution in [0.4, 0.5) is 79.0 Å². The Hall–Kier alpha value is -12.4. The third-order valence-corrected chi connectivity index (χ3v) is 13.9. The van der Waals surface area contributed by atoms with Gasteiger partial charge in [-0.15, -0.1) is 36.4 Å². The van der Waals surface area contributed by atoms with Gasteiger partial charge in [-0.1, -0.05) is 95.6 Å². The Bertz CT molecular complexity index is 5550. The second-order valence-electron chi connectivity index (χ2n) is 23.1. The quantitative estimate of drug-likeness (QED) is 0.0575. The van der Waals surface area contributed by atoms with Gasteiger partial charge in [0.25, 0.3) is 0 Å². The number of nitrogens with zero attached hydrogens (tertiary/aromatic N) is 23. The van der Waals surface area contributed by atoms with Crippen molar-refractivity contribution in [3.8, 4) is 97.1 Å². The van der Waals surface area contributed by atoms with Crippen LogP contribution in [0.25, 0.3) is 91.4 Å². The molecule has 128 heavy (non-hydrogen) atoms. The number of aromatic nitrogens is 23. The van der Waals surface area contributed by atoms with Crippen LogP contribution in [-0.4, -0.2) is 108 Å². The number of methoxy groups -OCH3 is 1. The molecule has 0 fully saturated rings. The van der Waals surface area contributed by atoms with Gasteiger partial charge in [-0.2, -0.15) is 52.7 Å². The van der Waals surface area contributed by atoms with Crippen molar-refractivity contribution in [2.45, 2.75) is 45.5 Å². The summed E-state index contributed by atoms with van der Waals surface area (Å²) in [6, 6.07) is 51.5. The molecule has 13 heterocycles. The molecular formula is C79H51F18Ir5N23O3-8. The molecule has 0 saturated carbocycles. The molecule has 49 heteroatoms. The molecule has 0 aliphatic carbocycles. The van der Waals surface area contributed by atoms with Crippen molar-refractivity contribution in [2.24, 2.45) is 0 Å². The third-order valence-electron chi connectivity index (χ3n) is 13.9. The van der Waals surface area contributed by atoms with Crippen molar-refractivity contribution in [1.82, 2.24) is 116 Å². The summed E-state index contributed by atoms with van der Waals surface area (Å²) >= 11 is 0. The number of halogens is 18. The van der Waals surface area contributed by atoms with Crippen LogP contribution < -0.4 is 30.2 Å². The van der Waals surface area contributed by atoms with E-state index in [1.54, 1.807) is 129 Å². The first-order valence-electron chi connectivity index (χ1n) is 34.0. The van der Waals surface area contributed by atoms with Gasteiger partial charge in [0, 0.05) is 203 Å². The van der Waals surface area contributed by atoms with Crippen LogP contribution >= 0.6 is 0 Å². The number of ketones is 1. The molecule has 5 radical (unpaired) electrons. The van der Waals surface area contributed by atoms with Crippen molar-refractivity contribution in [1.29, 1.82) is 0 Å². The summed E-state index contributed by atoms with van der Waals surface area (Å²) in [6.07, 6.45) is -5.08. The number of hydrogen-bond acceptors (Lipinski definition) is 21. The van der Waals surface area contributed by atoms with Gasteiger partial charge in [-0.25, -0.2) is 0 Å². The summed E-state index contributed by atoms with van der Waals surface area (Å²) in [6.45, 7) is 4.65. The van der Waals surface area contributed by atoms with Crippen LogP contribution in [0.2, 0.25) is 0 Å². The number of rotatable bonds is 10. The molecule has 0 spiro atoms. The average molecular weight is 2670 g/mol. The number of aliphatic hydroxyl groups is 1. The molecule has 16 rings (SSSR count). The number of aryl methyl sites for hydroxylation is 1. The zero-order chi connectivity index (χ0) is 89.3. The average Bonchev–Trinajstić information content (AvgIpc) is 1.73. The predicted octanol–water partition coefficient (Wildman–Crippen LogP) is 16.4. The summed E-state index contributed by atoms with van der Waals surface area (Å²) in [5.41, 5.74) is 3.64. The van der Waals surface area contributed by atoms with E-state index in [1.807, 2.05) is 18.2 Å². The maximum atomic E-state index is 13.2. The number of carbonyl (C=O) groups is 1. The fourth-order valence-corrected chi connectivity index (χ4v) is 8.69. The first-order chi connectivity index (χ1) is 58.5. The molecule has 0 amide bonds. The summed E-state index contributed by atoms with van der Waals surface area (Å²) in [5, 5.41) is 41.0. The summed E-state index contributed by atoms with van der Waals surface area (Å²) < 4.78 is 228. The number of allylic oxidation sites excluding steroid dienone is 2. The van der Waals surface area contributed by atoms with Gasteiger partial charge in [-0.3, -0.25) is 81.6 Å².